The molecule has 0 heterocycles. The lowest BCUT2D eigenvalue weighted by Gasteiger charge is -2.29. The second-order valence-electron chi connectivity index (χ2n) is 5.96. The standard InChI is InChI=1S/C15H22ClN3O2/c1-15(9-20,10-7-8-10)18-14(21)17-12-6-4-5-11(16)13(12)19(2)3/h4-6,10,20H,7-9H2,1-3H3,(H2,17,18,21). The first-order valence-electron chi connectivity index (χ1n) is 7.03. The van der Waals surface area contributed by atoms with Crippen LogP contribution in [0.15, 0.2) is 18.2 Å². The van der Waals surface area contributed by atoms with Gasteiger partial charge in [-0.05, 0) is 37.8 Å². The molecule has 5 nitrogen and oxygen atoms in total. The predicted octanol–water partition coefficient (Wildman–Crippen LogP) is 2.69. The van der Waals surface area contributed by atoms with Gasteiger partial charge in [-0.25, -0.2) is 4.79 Å². The smallest absolute Gasteiger partial charge is 0.319 e. The summed E-state index contributed by atoms with van der Waals surface area (Å²) in [6.07, 6.45) is 2.08. The molecular weight excluding hydrogens is 290 g/mol. The van der Waals surface area contributed by atoms with Gasteiger partial charge < -0.3 is 20.6 Å². The zero-order valence-corrected chi connectivity index (χ0v) is 13.4. The SMILES string of the molecule is CN(C)c1c(Cl)cccc1NC(=O)NC(C)(CO)C1CC1. The minimum Gasteiger partial charge on any atom is -0.394 e. The molecule has 1 aliphatic carbocycles. The summed E-state index contributed by atoms with van der Waals surface area (Å²) in [7, 11) is 3.73. The van der Waals surface area contributed by atoms with Crippen molar-refractivity contribution in [3.63, 3.8) is 0 Å². The van der Waals surface area contributed by atoms with Crippen molar-refractivity contribution in [3.05, 3.63) is 23.2 Å². The number of hydrogen-bond donors (Lipinski definition) is 3. The molecular formula is C15H22ClN3O2. The van der Waals surface area contributed by atoms with E-state index >= 15 is 0 Å². The molecule has 2 amide bonds. The summed E-state index contributed by atoms with van der Waals surface area (Å²) in [5.74, 6) is 0.348. The number of rotatable bonds is 5. The molecule has 1 aliphatic rings. The van der Waals surface area contributed by atoms with Crippen molar-refractivity contribution in [2.45, 2.75) is 25.3 Å². The molecule has 0 radical (unpaired) electrons. The molecule has 0 aromatic heterocycles. The van der Waals surface area contributed by atoms with Crippen LogP contribution in [0.25, 0.3) is 0 Å². The van der Waals surface area contributed by atoms with Gasteiger partial charge in [0.1, 0.15) is 0 Å². The van der Waals surface area contributed by atoms with E-state index in [1.165, 1.54) is 0 Å². The van der Waals surface area contributed by atoms with E-state index in [1.807, 2.05) is 25.9 Å². The fourth-order valence-corrected chi connectivity index (χ4v) is 2.82. The zero-order valence-electron chi connectivity index (χ0n) is 12.6. The van der Waals surface area contributed by atoms with Crippen molar-refractivity contribution < 1.29 is 9.90 Å². The first kappa shape index (κ1) is 15.9. The van der Waals surface area contributed by atoms with Crippen molar-refractivity contribution in [3.8, 4) is 0 Å². The van der Waals surface area contributed by atoms with Crippen molar-refractivity contribution in [2.24, 2.45) is 5.92 Å². The summed E-state index contributed by atoms with van der Waals surface area (Å²) >= 11 is 6.18. The van der Waals surface area contributed by atoms with Crippen LogP contribution in [0.3, 0.4) is 0 Å². The highest BCUT2D eigenvalue weighted by molar-refractivity contribution is 6.34. The maximum absolute atomic E-state index is 12.2. The molecule has 21 heavy (non-hydrogen) atoms. The van der Waals surface area contributed by atoms with Gasteiger partial charge >= 0.3 is 6.03 Å². The lowest BCUT2D eigenvalue weighted by atomic mass is 9.97. The van der Waals surface area contributed by atoms with Crippen molar-refractivity contribution >= 4 is 29.0 Å². The fourth-order valence-electron chi connectivity index (χ4n) is 2.47. The van der Waals surface area contributed by atoms with Gasteiger partial charge in [-0.3, -0.25) is 0 Å². The first-order chi connectivity index (χ1) is 9.87. The normalized spacial score (nSPS) is 17.0. The molecule has 1 aromatic carbocycles. The van der Waals surface area contributed by atoms with Crippen molar-refractivity contribution in [2.75, 3.05) is 30.9 Å². The third-order valence-corrected chi connectivity index (χ3v) is 4.19. The lowest BCUT2D eigenvalue weighted by molar-refractivity contribution is 0.159. The maximum Gasteiger partial charge on any atom is 0.319 e. The number of amides is 2. The molecule has 1 unspecified atom stereocenters. The molecule has 2 rings (SSSR count). The number of anilines is 2. The van der Waals surface area contributed by atoms with E-state index in [0.717, 1.165) is 18.5 Å². The van der Waals surface area contributed by atoms with E-state index in [4.69, 9.17) is 11.6 Å². The van der Waals surface area contributed by atoms with Crippen LogP contribution in [-0.2, 0) is 0 Å². The zero-order chi connectivity index (χ0) is 15.6. The van der Waals surface area contributed by atoms with E-state index in [9.17, 15) is 9.90 Å². The Bertz CT molecular complexity index is 532. The molecule has 116 valence electrons. The van der Waals surface area contributed by atoms with Gasteiger partial charge in [0.05, 0.1) is 28.5 Å². The van der Waals surface area contributed by atoms with E-state index in [2.05, 4.69) is 10.6 Å². The van der Waals surface area contributed by atoms with Crippen molar-refractivity contribution in [1.82, 2.24) is 5.32 Å². The largest absolute Gasteiger partial charge is 0.394 e. The summed E-state index contributed by atoms with van der Waals surface area (Å²) in [5.41, 5.74) is 0.827. The number of hydrogen-bond acceptors (Lipinski definition) is 3. The second kappa shape index (κ2) is 6.12. The monoisotopic (exact) mass is 311 g/mol. The maximum atomic E-state index is 12.2. The number of nitrogens with zero attached hydrogens (tertiary/aromatic N) is 1. The van der Waals surface area contributed by atoms with Gasteiger partial charge in [-0.1, -0.05) is 17.7 Å². The van der Waals surface area contributed by atoms with Crippen LogP contribution in [0, 0.1) is 5.92 Å². The quantitative estimate of drug-likeness (QED) is 0.783. The predicted molar refractivity (Wildman–Crippen MR) is 86.1 cm³/mol. The van der Waals surface area contributed by atoms with Crippen molar-refractivity contribution in [1.29, 1.82) is 0 Å². The Morgan fingerprint density at radius 1 is 1.48 bits per heavy atom. The van der Waals surface area contributed by atoms with Crippen LogP contribution in [0.1, 0.15) is 19.8 Å². The Labute approximate surface area is 130 Å². The molecule has 0 bridgehead atoms. The van der Waals surface area contributed by atoms with Crippen LogP contribution in [-0.4, -0.2) is 37.4 Å². The summed E-state index contributed by atoms with van der Waals surface area (Å²) < 4.78 is 0. The number of nitrogens with one attached hydrogen (secondary N) is 2. The van der Waals surface area contributed by atoms with Gasteiger partial charge in [-0.15, -0.1) is 0 Å². The first-order valence-corrected chi connectivity index (χ1v) is 7.41. The third-order valence-electron chi connectivity index (χ3n) is 3.89. The molecule has 1 fully saturated rings. The van der Waals surface area contributed by atoms with Gasteiger partial charge in [0.2, 0.25) is 0 Å². The summed E-state index contributed by atoms with van der Waals surface area (Å²) in [6, 6.07) is 5.04. The number of benzene rings is 1. The number of carbonyl (C=O) groups is 1. The Kier molecular flexibility index (Phi) is 4.64. The fraction of sp³-hybridized carbons (Fsp3) is 0.533. The number of aliphatic hydroxyl groups is 1. The third kappa shape index (κ3) is 3.60. The minimum atomic E-state index is -0.569. The van der Waals surface area contributed by atoms with E-state index < -0.39 is 5.54 Å². The lowest BCUT2D eigenvalue weighted by Crippen LogP contribution is -2.52. The van der Waals surface area contributed by atoms with Crippen LogP contribution in [0.5, 0.6) is 0 Å². The Morgan fingerprint density at radius 3 is 2.67 bits per heavy atom. The Morgan fingerprint density at radius 2 is 2.14 bits per heavy atom. The second-order valence-corrected chi connectivity index (χ2v) is 6.37. The average molecular weight is 312 g/mol. The van der Waals surface area contributed by atoms with E-state index in [0.29, 0.717) is 16.6 Å². The van der Waals surface area contributed by atoms with Gasteiger partial charge in [-0.2, -0.15) is 0 Å². The molecule has 1 atom stereocenters. The molecule has 0 saturated heterocycles. The van der Waals surface area contributed by atoms with E-state index in [1.54, 1.807) is 18.2 Å². The Hall–Kier alpha value is -1.46. The molecule has 0 spiro atoms. The molecule has 3 N–H and O–H groups in total. The summed E-state index contributed by atoms with van der Waals surface area (Å²) in [5, 5.41) is 15.8. The molecule has 6 heteroatoms. The van der Waals surface area contributed by atoms with Crippen LogP contribution < -0.4 is 15.5 Å². The van der Waals surface area contributed by atoms with Gasteiger partial charge in [0, 0.05) is 14.1 Å². The van der Waals surface area contributed by atoms with Crippen LogP contribution >= 0.6 is 11.6 Å². The number of urea groups is 1. The molecule has 1 saturated carbocycles. The average Bonchev–Trinajstić information content (AvgIpc) is 3.22. The highest BCUT2D eigenvalue weighted by Crippen LogP contribution is 2.39. The highest BCUT2D eigenvalue weighted by Gasteiger charge is 2.42. The summed E-state index contributed by atoms with van der Waals surface area (Å²) in [6.45, 7) is 1.80. The van der Waals surface area contributed by atoms with Crippen LogP contribution in [0.2, 0.25) is 5.02 Å². The molecule has 0 aliphatic heterocycles. The highest BCUT2D eigenvalue weighted by atomic mass is 35.5. The van der Waals surface area contributed by atoms with E-state index in [-0.39, 0.29) is 12.6 Å². The van der Waals surface area contributed by atoms with Crippen LogP contribution in [0.4, 0.5) is 16.2 Å². The molecule has 1 aromatic rings. The Balaban J connectivity index is 2.11. The number of para-hydroxylation sites is 1. The topological polar surface area (TPSA) is 64.6 Å². The number of carbonyl (C=O) groups excluding carboxylic acids is 1. The minimum absolute atomic E-state index is 0.0683. The van der Waals surface area contributed by atoms with Gasteiger partial charge in [0.25, 0.3) is 0 Å². The van der Waals surface area contributed by atoms with Gasteiger partial charge in [0.15, 0.2) is 0 Å². The number of halogens is 1. The number of aliphatic hydroxyl groups excluding tert-OH is 1. The summed E-state index contributed by atoms with van der Waals surface area (Å²) in [4.78, 5) is 14.1.